The van der Waals surface area contributed by atoms with Crippen LogP contribution in [0.25, 0.3) is 11.6 Å². The molecule has 4 rings (SSSR count). The van der Waals surface area contributed by atoms with Crippen molar-refractivity contribution in [2.45, 2.75) is 31.8 Å². The van der Waals surface area contributed by atoms with E-state index in [9.17, 15) is 4.79 Å². The third kappa shape index (κ3) is 5.27. The van der Waals surface area contributed by atoms with E-state index < -0.39 is 6.09 Å². The highest BCUT2D eigenvalue weighted by Crippen LogP contribution is 2.36. The van der Waals surface area contributed by atoms with E-state index in [0.717, 1.165) is 40.9 Å². The number of aromatic nitrogens is 1. The first-order valence-corrected chi connectivity index (χ1v) is 10.7. The Balaban J connectivity index is 1.74. The minimum atomic E-state index is -1.09. The molecule has 0 saturated heterocycles. The topological polar surface area (TPSA) is 80.7 Å². The molecule has 1 fully saturated rings. The number of rotatable bonds is 7. The SMILES string of the molecule is COc1ccc(C(=Cc2ccncc2)c2ccc(NC(=O)O)cc2)cc1OC1CCCC1. The van der Waals surface area contributed by atoms with Crippen molar-refractivity contribution in [3.8, 4) is 11.5 Å². The van der Waals surface area contributed by atoms with Gasteiger partial charge in [-0.15, -0.1) is 0 Å². The van der Waals surface area contributed by atoms with Gasteiger partial charge in [-0.05, 0) is 90.4 Å². The number of hydrogen-bond donors (Lipinski definition) is 2. The van der Waals surface area contributed by atoms with Crippen molar-refractivity contribution in [1.29, 1.82) is 0 Å². The smallest absolute Gasteiger partial charge is 0.409 e. The first-order valence-electron chi connectivity index (χ1n) is 10.7. The molecule has 6 heteroatoms. The van der Waals surface area contributed by atoms with Gasteiger partial charge in [-0.2, -0.15) is 0 Å². The van der Waals surface area contributed by atoms with Gasteiger partial charge in [0.1, 0.15) is 0 Å². The maximum Gasteiger partial charge on any atom is 0.409 e. The first-order chi connectivity index (χ1) is 15.6. The summed E-state index contributed by atoms with van der Waals surface area (Å²) in [4.78, 5) is 15.0. The Morgan fingerprint density at radius 1 is 1.00 bits per heavy atom. The van der Waals surface area contributed by atoms with Crippen LogP contribution in [0.1, 0.15) is 42.4 Å². The van der Waals surface area contributed by atoms with Crippen molar-refractivity contribution in [3.05, 3.63) is 83.7 Å². The predicted octanol–water partition coefficient (Wildman–Crippen LogP) is 6.09. The van der Waals surface area contributed by atoms with E-state index in [2.05, 4.69) is 16.4 Å². The molecule has 1 aliphatic carbocycles. The van der Waals surface area contributed by atoms with E-state index in [1.54, 1.807) is 31.6 Å². The highest BCUT2D eigenvalue weighted by atomic mass is 16.5. The van der Waals surface area contributed by atoms with Gasteiger partial charge >= 0.3 is 6.09 Å². The van der Waals surface area contributed by atoms with E-state index in [-0.39, 0.29) is 6.10 Å². The molecule has 0 radical (unpaired) electrons. The summed E-state index contributed by atoms with van der Waals surface area (Å²) in [7, 11) is 1.65. The Labute approximate surface area is 187 Å². The number of anilines is 1. The Kier molecular flexibility index (Phi) is 6.70. The molecule has 1 heterocycles. The van der Waals surface area contributed by atoms with Crippen molar-refractivity contribution >= 4 is 23.4 Å². The molecule has 0 unspecified atom stereocenters. The maximum absolute atomic E-state index is 10.9. The first kappa shape index (κ1) is 21.4. The van der Waals surface area contributed by atoms with Crippen LogP contribution in [-0.2, 0) is 0 Å². The van der Waals surface area contributed by atoms with Gasteiger partial charge in [-0.25, -0.2) is 4.79 Å². The zero-order valence-electron chi connectivity index (χ0n) is 18.0. The number of nitrogens with zero attached hydrogens (tertiary/aromatic N) is 1. The van der Waals surface area contributed by atoms with Crippen LogP contribution in [0, 0.1) is 0 Å². The van der Waals surface area contributed by atoms with Gasteiger partial charge in [0.05, 0.1) is 13.2 Å². The number of amides is 1. The number of methoxy groups -OCH3 is 1. The Hall–Kier alpha value is -3.80. The quantitative estimate of drug-likeness (QED) is 0.474. The van der Waals surface area contributed by atoms with Crippen LogP contribution in [0.15, 0.2) is 67.0 Å². The van der Waals surface area contributed by atoms with Crippen LogP contribution in [0.3, 0.4) is 0 Å². The fourth-order valence-corrected chi connectivity index (χ4v) is 3.94. The van der Waals surface area contributed by atoms with Crippen molar-refractivity contribution in [2.24, 2.45) is 0 Å². The minimum absolute atomic E-state index is 0.216. The lowest BCUT2D eigenvalue weighted by Gasteiger charge is -2.18. The van der Waals surface area contributed by atoms with Crippen LogP contribution in [-0.4, -0.2) is 29.4 Å². The second-order valence-electron chi connectivity index (χ2n) is 7.74. The van der Waals surface area contributed by atoms with Gasteiger partial charge in [0.15, 0.2) is 11.5 Å². The summed E-state index contributed by atoms with van der Waals surface area (Å²) in [5, 5.41) is 11.3. The molecule has 164 valence electrons. The second kappa shape index (κ2) is 10.0. The van der Waals surface area contributed by atoms with Crippen LogP contribution in [0.4, 0.5) is 10.5 Å². The number of hydrogen-bond acceptors (Lipinski definition) is 4. The molecule has 6 nitrogen and oxygen atoms in total. The maximum atomic E-state index is 10.9. The third-order valence-electron chi connectivity index (χ3n) is 5.53. The number of carboxylic acid groups (broad SMARTS) is 1. The highest BCUT2D eigenvalue weighted by molar-refractivity contribution is 5.92. The molecule has 1 amide bonds. The Morgan fingerprint density at radius 3 is 2.34 bits per heavy atom. The number of pyridine rings is 1. The van der Waals surface area contributed by atoms with Crippen LogP contribution in [0.5, 0.6) is 11.5 Å². The number of nitrogens with one attached hydrogen (secondary N) is 1. The molecule has 0 spiro atoms. The normalized spacial score (nSPS) is 14.2. The molecule has 3 aromatic rings. The average molecular weight is 431 g/mol. The third-order valence-corrected chi connectivity index (χ3v) is 5.53. The monoisotopic (exact) mass is 430 g/mol. The van der Waals surface area contributed by atoms with Crippen molar-refractivity contribution in [2.75, 3.05) is 12.4 Å². The standard InChI is InChI=1S/C26H26N2O4/c1-31-24-11-8-20(17-25(24)32-22-4-2-3-5-22)23(16-18-12-14-27-15-13-18)19-6-9-21(10-7-19)28-26(29)30/h6-17,22,28H,2-5H2,1H3,(H,29,30). The average Bonchev–Trinajstić information content (AvgIpc) is 3.32. The summed E-state index contributed by atoms with van der Waals surface area (Å²) in [6.45, 7) is 0. The molecular formula is C26H26N2O4. The van der Waals surface area contributed by atoms with Gasteiger partial charge in [0.2, 0.25) is 0 Å². The molecule has 1 aromatic heterocycles. The van der Waals surface area contributed by atoms with Crippen molar-refractivity contribution in [1.82, 2.24) is 4.98 Å². The second-order valence-corrected chi connectivity index (χ2v) is 7.74. The largest absolute Gasteiger partial charge is 0.493 e. The van der Waals surface area contributed by atoms with Crippen molar-refractivity contribution in [3.63, 3.8) is 0 Å². The van der Waals surface area contributed by atoms with Gasteiger partial charge in [0, 0.05) is 18.1 Å². The van der Waals surface area contributed by atoms with E-state index in [0.29, 0.717) is 11.4 Å². The highest BCUT2D eigenvalue weighted by Gasteiger charge is 2.19. The molecule has 32 heavy (non-hydrogen) atoms. The van der Waals surface area contributed by atoms with Crippen LogP contribution >= 0.6 is 0 Å². The summed E-state index contributed by atoms with van der Waals surface area (Å²) in [6, 6.07) is 17.2. The van der Waals surface area contributed by atoms with Crippen molar-refractivity contribution < 1.29 is 19.4 Å². The van der Waals surface area contributed by atoms with Gasteiger partial charge in [-0.3, -0.25) is 10.3 Å². The minimum Gasteiger partial charge on any atom is -0.493 e. The predicted molar refractivity (Wildman–Crippen MR) is 125 cm³/mol. The lowest BCUT2D eigenvalue weighted by Crippen LogP contribution is -2.11. The zero-order chi connectivity index (χ0) is 22.3. The Morgan fingerprint density at radius 2 is 1.69 bits per heavy atom. The van der Waals surface area contributed by atoms with E-state index >= 15 is 0 Å². The lowest BCUT2D eigenvalue weighted by atomic mass is 9.95. The summed E-state index contributed by atoms with van der Waals surface area (Å²) in [6.07, 6.45) is 9.23. The molecule has 1 aliphatic rings. The molecule has 1 saturated carbocycles. The van der Waals surface area contributed by atoms with E-state index in [1.165, 1.54) is 12.8 Å². The molecule has 0 bridgehead atoms. The summed E-state index contributed by atoms with van der Waals surface area (Å²) in [5.41, 5.74) is 4.45. The van der Waals surface area contributed by atoms with E-state index in [1.807, 2.05) is 42.5 Å². The number of ether oxygens (including phenoxy) is 2. The molecule has 2 N–H and O–H groups in total. The zero-order valence-corrected chi connectivity index (χ0v) is 18.0. The lowest BCUT2D eigenvalue weighted by molar-refractivity contribution is 0.200. The molecule has 0 aliphatic heterocycles. The van der Waals surface area contributed by atoms with Gasteiger partial charge in [0.25, 0.3) is 0 Å². The molecule has 0 atom stereocenters. The Bertz CT molecular complexity index is 1090. The van der Waals surface area contributed by atoms with E-state index in [4.69, 9.17) is 14.6 Å². The summed E-state index contributed by atoms with van der Waals surface area (Å²) >= 11 is 0. The molecule has 2 aromatic carbocycles. The van der Waals surface area contributed by atoms with Crippen LogP contribution < -0.4 is 14.8 Å². The van der Waals surface area contributed by atoms with Gasteiger partial charge in [-0.1, -0.05) is 18.2 Å². The fourth-order valence-electron chi connectivity index (χ4n) is 3.94. The summed E-state index contributed by atoms with van der Waals surface area (Å²) < 4.78 is 11.9. The number of carbonyl (C=O) groups is 1. The molecular weight excluding hydrogens is 404 g/mol. The fraction of sp³-hybridized carbons (Fsp3) is 0.231. The number of benzene rings is 2. The van der Waals surface area contributed by atoms with Crippen LogP contribution in [0.2, 0.25) is 0 Å². The summed E-state index contributed by atoms with van der Waals surface area (Å²) in [5.74, 6) is 1.45. The van der Waals surface area contributed by atoms with Gasteiger partial charge < -0.3 is 14.6 Å².